The van der Waals surface area contributed by atoms with Crippen molar-refractivity contribution >= 4 is 9.84 Å². The van der Waals surface area contributed by atoms with Crippen molar-refractivity contribution in [2.45, 2.75) is 22.3 Å². The Morgan fingerprint density at radius 2 is 1.62 bits per heavy atom. The highest BCUT2D eigenvalue weighted by atomic mass is 32.2. The van der Waals surface area contributed by atoms with Crippen LogP contribution in [0.3, 0.4) is 0 Å². The quantitative estimate of drug-likeness (QED) is 0.770. The van der Waals surface area contributed by atoms with E-state index in [1.165, 1.54) is 0 Å². The number of sulfone groups is 1. The maximum atomic E-state index is 12.4. The van der Waals surface area contributed by atoms with Crippen LogP contribution in [0.1, 0.15) is 6.42 Å². The molecule has 2 aromatic carbocycles. The molecule has 1 saturated heterocycles. The summed E-state index contributed by atoms with van der Waals surface area (Å²) in [6.45, 7) is 1.40. The molecule has 0 radical (unpaired) electrons. The lowest BCUT2D eigenvalue weighted by Crippen LogP contribution is -2.03. The standard InChI is InChI=1S/C16H16O4S/c17-21(18,15-4-2-1-3-5-15)16-8-6-13(7-9-16)19-11-10-14-12-20-14/h1-9,14H,10-12H2. The van der Waals surface area contributed by atoms with Crippen molar-refractivity contribution in [2.75, 3.05) is 13.2 Å². The van der Waals surface area contributed by atoms with E-state index >= 15 is 0 Å². The summed E-state index contributed by atoms with van der Waals surface area (Å²) < 4.78 is 35.5. The fourth-order valence-corrected chi connectivity index (χ4v) is 3.28. The molecule has 1 aliphatic rings. The molecule has 110 valence electrons. The fraction of sp³-hybridized carbons (Fsp3) is 0.250. The average molecular weight is 304 g/mol. The van der Waals surface area contributed by atoms with E-state index in [9.17, 15) is 8.42 Å². The topological polar surface area (TPSA) is 55.9 Å². The Morgan fingerprint density at radius 3 is 2.24 bits per heavy atom. The van der Waals surface area contributed by atoms with Gasteiger partial charge in [0.2, 0.25) is 9.84 Å². The Kier molecular flexibility index (Phi) is 3.94. The summed E-state index contributed by atoms with van der Waals surface area (Å²) >= 11 is 0. The molecule has 0 saturated carbocycles. The van der Waals surface area contributed by atoms with E-state index in [-0.39, 0.29) is 4.90 Å². The van der Waals surface area contributed by atoms with E-state index in [2.05, 4.69) is 0 Å². The zero-order chi connectivity index (χ0) is 14.7. The Bertz CT molecular complexity index is 689. The second-order valence-corrected chi connectivity index (χ2v) is 6.83. The van der Waals surface area contributed by atoms with Gasteiger partial charge >= 0.3 is 0 Å². The SMILES string of the molecule is O=S(=O)(c1ccccc1)c1ccc(OCCC2CO2)cc1. The Morgan fingerprint density at radius 1 is 1.00 bits per heavy atom. The summed E-state index contributed by atoms with van der Waals surface area (Å²) in [5.41, 5.74) is 0. The van der Waals surface area contributed by atoms with Crippen LogP contribution in [0.25, 0.3) is 0 Å². The molecular weight excluding hydrogens is 288 g/mol. The molecule has 0 spiro atoms. The van der Waals surface area contributed by atoms with Crippen molar-refractivity contribution in [2.24, 2.45) is 0 Å². The zero-order valence-corrected chi connectivity index (χ0v) is 12.3. The third kappa shape index (κ3) is 3.43. The van der Waals surface area contributed by atoms with E-state index in [1.54, 1.807) is 54.6 Å². The highest BCUT2D eigenvalue weighted by Crippen LogP contribution is 2.23. The maximum Gasteiger partial charge on any atom is 0.206 e. The third-order valence-electron chi connectivity index (χ3n) is 3.30. The maximum absolute atomic E-state index is 12.4. The summed E-state index contributed by atoms with van der Waals surface area (Å²) in [4.78, 5) is 0.566. The molecule has 0 aromatic heterocycles. The predicted molar refractivity (Wildman–Crippen MR) is 78.2 cm³/mol. The van der Waals surface area contributed by atoms with Crippen molar-refractivity contribution in [3.05, 3.63) is 54.6 Å². The molecule has 0 bridgehead atoms. The second-order valence-electron chi connectivity index (χ2n) is 4.88. The van der Waals surface area contributed by atoms with E-state index in [1.807, 2.05) is 0 Å². The van der Waals surface area contributed by atoms with Gasteiger partial charge in [-0.2, -0.15) is 0 Å². The molecule has 21 heavy (non-hydrogen) atoms. The van der Waals surface area contributed by atoms with Crippen LogP contribution in [0.2, 0.25) is 0 Å². The number of epoxide rings is 1. The van der Waals surface area contributed by atoms with E-state index in [0.717, 1.165) is 13.0 Å². The minimum absolute atomic E-state index is 0.270. The van der Waals surface area contributed by atoms with Crippen LogP contribution < -0.4 is 4.74 Å². The van der Waals surface area contributed by atoms with Crippen LogP contribution in [0.5, 0.6) is 5.75 Å². The van der Waals surface area contributed by atoms with Gasteiger partial charge in [0.15, 0.2) is 0 Å². The molecule has 0 amide bonds. The summed E-state index contributed by atoms with van der Waals surface area (Å²) in [7, 11) is -3.46. The van der Waals surface area contributed by atoms with Crippen molar-refractivity contribution in [3.63, 3.8) is 0 Å². The van der Waals surface area contributed by atoms with Gasteiger partial charge in [-0.15, -0.1) is 0 Å². The molecule has 0 N–H and O–H groups in total. The summed E-state index contributed by atoms with van der Waals surface area (Å²) in [5.74, 6) is 0.669. The van der Waals surface area contributed by atoms with Crippen molar-refractivity contribution in [1.29, 1.82) is 0 Å². The lowest BCUT2D eigenvalue weighted by Gasteiger charge is -2.07. The first-order valence-electron chi connectivity index (χ1n) is 6.81. The lowest BCUT2D eigenvalue weighted by atomic mass is 10.3. The smallest absolute Gasteiger partial charge is 0.206 e. The first-order valence-corrected chi connectivity index (χ1v) is 8.29. The predicted octanol–water partition coefficient (Wildman–Crippen LogP) is 2.69. The Labute approximate surface area is 124 Å². The molecule has 4 nitrogen and oxygen atoms in total. The summed E-state index contributed by atoms with van der Waals surface area (Å²) in [6.07, 6.45) is 1.20. The molecular formula is C16H16O4S. The normalized spacial score (nSPS) is 17.4. The van der Waals surface area contributed by atoms with Gasteiger partial charge < -0.3 is 9.47 Å². The highest BCUT2D eigenvalue weighted by molar-refractivity contribution is 7.91. The minimum atomic E-state index is -3.46. The van der Waals surface area contributed by atoms with Gasteiger partial charge in [-0.1, -0.05) is 18.2 Å². The lowest BCUT2D eigenvalue weighted by molar-refractivity contribution is 0.283. The molecule has 3 rings (SSSR count). The van der Waals surface area contributed by atoms with E-state index < -0.39 is 9.84 Å². The number of hydrogen-bond donors (Lipinski definition) is 0. The van der Waals surface area contributed by atoms with Crippen LogP contribution >= 0.6 is 0 Å². The van der Waals surface area contributed by atoms with Crippen LogP contribution in [0.4, 0.5) is 0 Å². The second kappa shape index (κ2) is 5.87. The van der Waals surface area contributed by atoms with Gasteiger partial charge in [0.05, 0.1) is 29.1 Å². The molecule has 1 fully saturated rings. The van der Waals surface area contributed by atoms with Gasteiger partial charge in [-0.3, -0.25) is 0 Å². The largest absolute Gasteiger partial charge is 0.493 e. The number of ether oxygens (including phenoxy) is 2. The van der Waals surface area contributed by atoms with Crippen LogP contribution in [-0.4, -0.2) is 27.7 Å². The average Bonchev–Trinajstić information content (AvgIpc) is 3.33. The molecule has 1 heterocycles. The highest BCUT2D eigenvalue weighted by Gasteiger charge is 2.22. The summed E-state index contributed by atoms with van der Waals surface area (Å²) in [5, 5.41) is 0. The molecule has 5 heteroatoms. The van der Waals surface area contributed by atoms with Gasteiger partial charge in [0.25, 0.3) is 0 Å². The van der Waals surface area contributed by atoms with E-state index in [4.69, 9.17) is 9.47 Å². The Balaban J connectivity index is 1.70. The van der Waals surface area contributed by atoms with Crippen molar-refractivity contribution in [1.82, 2.24) is 0 Å². The monoisotopic (exact) mass is 304 g/mol. The molecule has 1 unspecified atom stereocenters. The summed E-state index contributed by atoms with van der Waals surface area (Å²) in [6, 6.07) is 14.9. The van der Waals surface area contributed by atoms with Gasteiger partial charge in [0, 0.05) is 6.42 Å². The number of rotatable bonds is 6. The van der Waals surface area contributed by atoms with Gasteiger partial charge in [-0.05, 0) is 36.4 Å². The van der Waals surface area contributed by atoms with Crippen LogP contribution in [0, 0.1) is 0 Å². The van der Waals surface area contributed by atoms with Gasteiger partial charge in [-0.25, -0.2) is 8.42 Å². The minimum Gasteiger partial charge on any atom is -0.493 e. The fourth-order valence-electron chi connectivity index (χ4n) is 1.99. The molecule has 1 aliphatic heterocycles. The van der Waals surface area contributed by atoms with Crippen LogP contribution in [-0.2, 0) is 14.6 Å². The third-order valence-corrected chi connectivity index (χ3v) is 5.08. The van der Waals surface area contributed by atoms with E-state index in [0.29, 0.717) is 23.4 Å². The Hall–Kier alpha value is -1.85. The van der Waals surface area contributed by atoms with Crippen molar-refractivity contribution in [3.8, 4) is 5.75 Å². The number of hydrogen-bond acceptors (Lipinski definition) is 4. The van der Waals surface area contributed by atoms with Crippen LogP contribution in [0.15, 0.2) is 64.4 Å². The first-order chi connectivity index (χ1) is 10.2. The first kappa shape index (κ1) is 14.1. The number of benzene rings is 2. The zero-order valence-electron chi connectivity index (χ0n) is 11.4. The molecule has 1 atom stereocenters. The van der Waals surface area contributed by atoms with Crippen molar-refractivity contribution < 1.29 is 17.9 Å². The molecule has 0 aliphatic carbocycles. The molecule has 2 aromatic rings. The van der Waals surface area contributed by atoms with Gasteiger partial charge in [0.1, 0.15) is 5.75 Å².